The average Bonchev–Trinajstić information content (AvgIpc) is 2.67. The summed E-state index contributed by atoms with van der Waals surface area (Å²) in [5.74, 6) is -2.59. The van der Waals surface area contributed by atoms with Crippen LogP contribution in [0.2, 0.25) is 0 Å². The number of ether oxygens (including phenoxy) is 2. The molecule has 12 heteroatoms. The number of carbonyl (C=O) groups excluding carboxylic acids is 2. The number of esters is 2. The van der Waals surface area contributed by atoms with Gasteiger partial charge >= 0.3 is 25.7 Å². The van der Waals surface area contributed by atoms with Crippen molar-refractivity contribution in [2.75, 3.05) is 19.8 Å². The highest BCUT2D eigenvalue weighted by Crippen LogP contribution is 2.43. The average molecular weight is 455 g/mol. The number of unbranched alkanes of at least 4 members (excludes halogenated alkanes) is 6. The first kappa shape index (κ1) is 28.5. The number of phosphoric acid groups is 1. The minimum atomic E-state index is -4.64. The van der Waals surface area contributed by atoms with E-state index in [9.17, 15) is 23.8 Å². The Morgan fingerprint density at radius 2 is 1.53 bits per heavy atom. The van der Waals surface area contributed by atoms with Crippen LogP contribution in [0.15, 0.2) is 0 Å². The van der Waals surface area contributed by atoms with Gasteiger partial charge in [-0.1, -0.05) is 45.4 Å². The monoisotopic (exact) mass is 455 g/mol. The van der Waals surface area contributed by atoms with Crippen molar-refractivity contribution in [2.45, 2.75) is 77.4 Å². The second kappa shape index (κ2) is 16.2. The van der Waals surface area contributed by atoms with E-state index >= 15 is 0 Å². The van der Waals surface area contributed by atoms with Crippen molar-refractivity contribution >= 4 is 25.7 Å². The van der Waals surface area contributed by atoms with E-state index in [1.807, 2.05) is 0 Å². The minimum absolute atomic E-state index is 0.218. The lowest BCUT2D eigenvalue weighted by molar-refractivity contribution is -0.159. The van der Waals surface area contributed by atoms with Crippen LogP contribution in [0.5, 0.6) is 0 Å². The van der Waals surface area contributed by atoms with Crippen LogP contribution in [-0.2, 0) is 37.5 Å². The fourth-order valence-electron chi connectivity index (χ4n) is 2.30. The summed E-state index contributed by atoms with van der Waals surface area (Å²) in [5.41, 5.74) is 5.17. The van der Waals surface area contributed by atoms with Crippen LogP contribution in [0.4, 0.5) is 0 Å². The lowest BCUT2D eigenvalue weighted by Crippen LogP contribution is -2.34. The summed E-state index contributed by atoms with van der Waals surface area (Å²) >= 11 is 0. The Morgan fingerprint density at radius 3 is 2.10 bits per heavy atom. The molecule has 0 aromatic rings. The molecule has 0 bridgehead atoms. The van der Waals surface area contributed by atoms with Gasteiger partial charge in [0.1, 0.15) is 12.6 Å². The summed E-state index contributed by atoms with van der Waals surface area (Å²) in [6, 6.07) is -1.51. The fraction of sp³-hybridized carbons (Fsp3) is 0.833. The molecule has 0 fully saturated rings. The van der Waals surface area contributed by atoms with Gasteiger partial charge in [0.05, 0.1) is 13.2 Å². The minimum Gasteiger partial charge on any atom is -0.480 e. The molecule has 11 nitrogen and oxygen atoms in total. The number of hydrogen-bond acceptors (Lipinski definition) is 9. The van der Waals surface area contributed by atoms with E-state index in [-0.39, 0.29) is 13.0 Å². The van der Waals surface area contributed by atoms with Crippen molar-refractivity contribution in [1.82, 2.24) is 0 Å². The van der Waals surface area contributed by atoms with Crippen LogP contribution in [0, 0.1) is 0 Å². The van der Waals surface area contributed by atoms with Crippen LogP contribution in [-0.4, -0.2) is 59.9 Å². The first-order valence-electron chi connectivity index (χ1n) is 10.0. The first-order valence-corrected chi connectivity index (χ1v) is 11.5. The number of carbonyl (C=O) groups is 3. The summed E-state index contributed by atoms with van der Waals surface area (Å²) in [5, 5.41) is 8.62. The van der Waals surface area contributed by atoms with E-state index in [0.29, 0.717) is 6.42 Å². The lowest BCUT2D eigenvalue weighted by Gasteiger charge is -2.19. The zero-order valence-electron chi connectivity index (χ0n) is 17.6. The predicted molar refractivity (Wildman–Crippen MR) is 106 cm³/mol. The Morgan fingerprint density at radius 1 is 0.967 bits per heavy atom. The summed E-state index contributed by atoms with van der Waals surface area (Å²) in [7, 11) is -4.64. The van der Waals surface area contributed by atoms with E-state index in [4.69, 9.17) is 20.3 Å². The van der Waals surface area contributed by atoms with Crippen LogP contribution in [0.25, 0.3) is 0 Å². The van der Waals surface area contributed by atoms with E-state index < -0.39 is 51.1 Å². The van der Waals surface area contributed by atoms with E-state index in [2.05, 4.69) is 16.0 Å². The Kier molecular flexibility index (Phi) is 15.4. The molecule has 0 saturated carbocycles. The van der Waals surface area contributed by atoms with Crippen molar-refractivity contribution in [2.24, 2.45) is 5.73 Å². The number of rotatable bonds is 18. The molecular weight excluding hydrogens is 421 g/mol. The third-order valence-electron chi connectivity index (χ3n) is 3.91. The third kappa shape index (κ3) is 16.3. The van der Waals surface area contributed by atoms with Crippen molar-refractivity contribution < 1.29 is 47.5 Å². The van der Waals surface area contributed by atoms with E-state index in [1.54, 1.807) is 0 Å². The highest BCUT2D eigenvalue weighted by Gasteiger charge is 2.27. The molecule has 4 N–H and O–H groups in total. The topological polar surface area (TPSA) is 172 Å². The highest BCUT2D eigenvalue weighted by molar-refractivity contribution is 7.47. The first-order chi connectivity index (χ1) is 14.1. The second-order valence-electron chi connectivity index (χ2n) is 6.79. The van der Waals surface area contributed by atoms with Gasteiger partial charge in [0.2, 0.25) is 0 Å². The van der Waals surface area contributed by atoms with Crippen molar-refractivity contribution in [1.29, 1.82) is 0 Å². The van der Waals surface area contributed by atoms with Crippen molar-refractivity contribution in [3.8, 4) is 0 Å². The van der Waals surface area contributed by atoms with Gasteiger partial charge in [-0.15, -0.1) is 0 Å². The zero-order chi connectivity index (χ0) is 23.0. The highest BCUT2D eigenvalue weighted by atomic mass is 31.2. The van der Waals surface area contributed by atoms with Crippen molar-refractivity contribution in [3.05, 3.63) is 0 Å². The van der Waals surface area contributed by atoms with Gasteiger partial charge in [-0.25, -0.2) is 4.57 Å². The molecule has 0 heterocycles. The Hall–Kier alpha value is -1.52. The van der Waals surface area contributed by atoms with Gasteiger partial charge in [-0.05, 0) is 6.42 Å². The van der Waals surface area contributed by atoms with Crippen molar-refractivity contribution in [3.63, 3.8) is 0 Å². The maximum atomic E-state index is 11.8. The smallest absolute Gasteiger partial charge is 0.472 e. The molecule has 176 valence electrons. The SMILES string of the molecule is CCCCCCCCCC(=O)OC[C@H](COP(=O)(O)OC[C@H](N)C(=O)O)OC(C)=O. The van der Waals surface area contributed by atoms with E-state index in [0.717, 1.165) is 26.2 Å². The number of phosphoric ester groups is 1. The Balaban J connectivity index is 4.26. The van der Waals surface area contributed by atoms with Gasteiger partial charge in [0.25, 0.3) is 0 Å². The van der Waals surface area contributed by atoms with Gasteiger partial charge in [-0.3, -0.25) is 23.4 Å². The molecule has 1 unspecified atom stereocenters. The molecule has 0 rings (SSSR count). The van der Waals surface area contributed by atoms with Gasteiger partial charge in [0, 0.05) is 13.3 Å². The predicted octanol–water partition coefficient (Wildman–Crippen LogP) is 2.15. The largest absolute Gasteiger partial charge is 0.480 e. The Labute approximate surface area is 176 Å². The molecule has 0 aliphatic rings. The standard InChI is InChI=1S/C18H34NO10P/c1-3-4-5-6-7-8-9-10-17(21)26-11-15(29-14(2)20)12-27-30(24,25)28-13-16(19)18(22)23/h15-16H,3-13,19H2,1-2H3,(H,22,23)(H,24,25)/t15-,16+/m1/s1. The molecule has 0 aromatic heterocycles. The maximum Gasteiger partial charge on any atom is 0.472 e. The second-order valence-corrected chi connectivity index (χ2v) is 8.24. The number of carboxylic acids is 1. The van der Waals surface area contributed by atoms with E-state index in [1.165, 1.54) is 19.3 Å². The summed E-state index contributed by atoms with van der Waals surface area (Å²) in [6.45, 7) is 1.55. The van der Waals surface area contributed by atoms with Gasteiger partial charge in [0.15, 0.2) is 6.10 Å². The van der Waals surface area contributed by atoms with Gasteiger partial charge < -0.3 is 25.2 Å². The molecule has 3 atom stereocenters. The molecule has 0 saturated heterocycles. The number of carboxylic acid groups (broad SMARTS) is 1. The molecule has 0 amide bonds. The number of hydrogen-bond donors (Lipinski definition) is 3. The fourth-order valence-corrected chi connectivity index (χ4v) is 3.07. The van der Waals surface area contributed by atoms with Crippen LogP contribution in [0.1, 0.15) is 65.2 Å². The number of nitrogens with two attached hydrogens (primary N) is 1. The molecule has 0 radical (unpaired) electrons. The lowest BCUT2D eigenvalue weighted by atomic mass is 10.1. The Bertz CT molecular complexity index is 571. The van der Waals surface area contributed by atoms with Gasteiger partial charge in [-0.2, -0.15) is 0 Å². The molecule has 0 aliphatic carbocycles. The zero-order valence-corrected chi connectivity index (χ0v) is 18.5. The third-order valence-corrected chi connectivity index (χ3v) is 4.86. The molecule has 30 heavy (non-hydrogen) atoms. The van der Waals surface area contributed by atoms with Crippen LogP contribution < -0.4 is 5.73 Å². The molecule has 0 aromatic carbocycles. The van der Waals surface area contributed by atoms with Crippen LogP contribution >= 0.6 is 7.82 Å². The molecule has 0 spiro atoms. The molecular formula is C18H34NO10P. The summed E-state index contributed by atoms with van der Waals surface area (Å²) in [6.07, 6.45) is 6.44. The van der Waals surface area contributed by atoms with Crippen LogP contribution in [0.3, 0.4) is 0 Å². The summed E-state index contributed by atoms with van der Waals surface area (Å²) in [4.78, 5) is 43.1. The molecule has 0 aliphatic heterocycles. The maximum absolute atomic E-state index is 11.8. The normalized spacial score (nSPS) is 15.1. The number of aliphatic carboxylic acids is 1. The quantitative estimate of drug-likeness (QED) is 0.157. The summed E-state index contributed by atoms with van der Waals surface area (Å²) < 4.78 is 30.8.